The fourth-order valence-corrected chi connectivity index (χ4v) is 7.17. The lowest BCUT2D eigenvalue weighted by molar-refractivity contribution is -0.0500. The van der Waals surface area contributed by atoms with Crippen molar-refractivity contribution in [2.45, 2.75) is 62.0 Å². The lowest BCUT2D eigenvalue weighted by atomic mass is 9.86. The predicted octanol–water partition coefficient (Wildman–Crippen LogP) is 3.32. The highest BCUT2D eigenvalue weighted by atomic mass is 32.2. The Morgan fingerprint density at radius 2 is 1.82 bits per heavy atom. The van der Waals surface area contributed by atoms with Crippen molar-refractivity contribution in [3.8, 4) is 5.75 Å². The molecular weight excluding hydrogens is 545 g/mol. The molecule has 212 valence electrons. The average Bonchev–Trinajstić information content (AvgIpc) is 3.30. The molecule has 2 heterocycles. The minimum Gasteiger partial charge on any atom is -0.376 e. The van der Waals surface area contributed by atoms with Gasteiger partial charge in [-0.15, -0.1) is 0 Å². The maximum absolute atomic E-state index is 12.9. The highest BCUT2D eigenvalue weighted by molar-refractivity contribution is 7.89. The summed E-state index contributed by atoms with van der Waals surface area (Å²) in [5.41, 5.74) is -3.73. The Morgan fingerprint density at radius 3 is 2.42 bits per heavy atom. The van der Waals surface area contributed by atoms with E-state index in [0.717, 1.165) is 56.3 Å². The maximum Gasteiger partial charge on any atom is 0.534 e. The Balaban J connectivity index is 1.39. The van der Waals surface area contributed by atoms with Gasteiger partial charge in [-0.1, -0.05) is 13.0 Å². The molecule has 1 unspecified atom stereocenters. The van der Waals surface area contributed by atoms with Crippen LogP contribution in [0, 0.1) is 5.92 Å². The molecule has 1 aromatic heterocycles. The Morgan fingerprint density at radius 1 is 1.11 bits per heavy atom. The zero-order chi connectivity index (χ0) is 27.7. The quantitative estimate of drug-likeness (QED) is 0.332. The third-order valence-electron chi connectivity index (χ3n) is 7.25. The van der Waals surface area contributed by atoms with Gasteiger partial charge in [-0.25, -0.2) is 13.4 Å². The number of fused-ring (bicyclic) bond motifs is 1. The van der Waals surface area contributed by atoms with E-state index in [4.69, 9.17) is 0 Å². The molecule has 4 rings (SSSR count). The second-order valence-corrected chi connectivity index (χ2v) is 13.5. The number of hydrogen-bond donors (Lipinski definition) is 0. The molecule has 1 fully saturated rings. The summed E-state index contributed by atoms with van der Waals surface area (Å²) < 4.78 is 94.3. The number of hydrogen-bond acceptors (Lipinski definition) is 7. The molecule has 1 aromatic carbocycles. The second kappa shape index (κ2) is 11.1. The molecule has 2 aromatic rings. The number of rotatable bonds is 9. The van der Waals surface area contributed by atoms with Crippen molar-refractivity contribution >= 4 is 20.1 Å². The second-order valence-electron chi connectivity index (χ2n) is 10.0. The first-order chi connectivity index (χ1) is 17.8. The van der Waals surface area contributed by atoms with Gasteiger partial charge in [0.15, 0.2) is 5.03 Å². The van der Waals surface area contributed by atoms with E-state index in [1.165, 1.54) is 29.0 Å². The van der Waals surface area contributed by atoms with Crippen LogP contribution in [-0.4, -0.2) is 73.3 Å². The number of aromatic nitrogens is 2. The van der Waals surface area contributed by atoms with Crippen molar-refractivity contribution in [1.29, 1.82) is 0 Å². The normalized spacial score (nSPS) is 20.0. The third-order valence-corrected chi connectivity index (χ3v) is 10.0. The van der Waals surface area contributed by atoms with E-state index in [1.54, 1.807) is 17.7 Å². The number of imidazole rings is 1. The SMILES string of the molecule is CCCN(CC1CCN(S(=O)(=O)c2cn(C)cn2)CC1)C1CCc2ccc(OS(=O)(=O)C(F)(F)F)cc2C1. The monoisotopic (exact) mass is 578 g/mol. The standard InChI is InChI=1S/C24H33F3N4O5S2/c1-3-10-30(15-18-8-11-31(12-9-18)37(32,33)23-16-29(2)17-28-23)21-6-4-19-5-7-22(14-20(19)13-21)36-38(34,35)24(25,26)27/h5,7,14,16-18,21H,3-4,6,8-13,15H2,1-2H3. The van der Waals surface area contributed by atoms with E-state index in [0.29, 0.717) is 25.4 Å². The molecule has 0 N–H and O–H groups in total. The van der Waals surface area contributed by atoms with E-state index in [9.17, 15) is 30.0 Å². The molecule has 1 saturated heterocycles. The van der Waals surface area contributed by atoms with Gasteiger partial charge in [0.1, 0.15) is 5.75 Å². The summed E-state index contributed by atoms with van der Waals surface area (Å²) in [7, 11) is -7.63. The van der Waals surface area contributed by atoms with Crippen LogP contribution in [0.1, 0.15) is 43.7 Å². The van der Waals surface area contributed by atoms with E-state index >= 15 is 0 Å². The summed E-state index contributed by atoms with van der Waals surface area (Å²) in [5.74, 6) is -0.0324. The minimum absolute atomic E-state index is 0.0540. The van der Waals surface area contributed by atoms with Gasteiger partial charge in [0.2, 0.25) is 0 Å². The van der Waals surface area contributed by atoms with Gasteiger partial charge in [0, 0.05) is 38.9 Å². The predicted molar refractivity (Wildman–Crippen MR) is 134 cm³/mol. The first kappa shape index (κ1) is 28.8. The number of piperidine rings is 1. The molecule has 0 radical (unpaired) electrons. The van der Waals surface area contributed by atoms with Crippen molar-refractivity contribution in [2.75, 3.05) is 26.2 Å². The highest BCUT2D eigenvalue weighted by Gasteiger charge is 2.48. The van der Waals surface area contributed by atoms with Crippen molar-refractivity contribution < 1.29 is 34.2 Å². The summed E-state index contributed by atoms with van der Waals surface area (Å²) >= 11 is 0. The molecule has 0 amide bonds. The molecule has 9 nitrogen and oxygen atoms in total. The molecule has 0 bridgehead atoms. The maximum atomic E-state index is 12.9. The van der Waals surface area contributed by atoms with Crippen molar-refractivity contribution in [1.82, 2.24) is 18.8 Å². The van der Waals surface area contributed by atoms with E-state index in [1.807, 2.05) is 0 Å². The Labute approximate surface area is 221 Å². The summed E-state index contributed by atoms with van der Waals surface area (Å²) in [5, 5.41) is 0.0540. The van der Waals surface area contributed by atoms with Crippen molar-refractivity contribution in [3.05, 3.63) is 41.9 Å². The molecule has 38 heavy (non-hydrogen) atoms. The number of aryl methyl sites for hydroxylation is 2. The highest BCUT2D eigenvalue weighted by Crippen LogP contribution is 2.32. The fraction of sp³-hybridized carbons (Fsp3) is 0.625. The zero-order valence-electron chi connectivity index (χ0n) is 21.4. The van der Waals surface area contributed by atoms with Gasteiger partial charge >= 0.3 is 15.6 Å². The zero-order valence-corrected chi connectivity index (χ0v) is 23.0. The first-order valence-electron chi connectivity index (χ1n) is 12.6. The van der Waals surface area contributed by atoms with Crippen LogP contribution in [0.3, 0.4) is 0 Å². The molecule has 14 heteroatoms. The van der Waals surface area contributed by atoms with Gasteiger partial charge in [-0.05, 0) is 74.2 Å². The number of halogens is 3. The summed E-state index contributed by atoms with van der Waals surface area (Å²) in [4.78, 5) is 6.38. The Hall–Kier alpha value is -2.16. The largest absolute Gasteiger partial charge is 0.534 e. The molecule has 1 aliphatic carbocycles. The third kappa shape index (κ3) is 6.35. The summed E-state index contributed by atoms with van der Waals surface area (Å²) in [6.07, 6.45) is 7.52. The van der Waals surface area contributed by atoms with Crippen LogP contribution in [0.5, 0.6) is 5.75 Å². The van der Waals surface area contributed by atoms with E-state index in [2.05, 4.69) is 21.0 Å². The smallest absolute Gasteiger partial charge is 0.376 e. The molecule has 1 atom stereocenters. The van der Waals surface area contributed by atoms with E-state index < -0.39 is 25.6 Å². The van der Waals surface area contributed by atoms with E-state index in [-0.39, 0.29) is 16.8 Å². The Kier molecular flexibility index (Phi) is 8.46. The van der Waals surface area contributed by atoms with Crippen LogP contribution in [0.4, 0.5) is 13.2 Å². The number of nitrogens with zero attached hydrogens (tertiary/aromatic N) is 4. The van der Waals surface area contributed by atoms with Gasteiger partial charge in [0.05, 0.1) is 6.33 Å². The van der Waals surface area contributed by atoms with Gasteiger partial charge < -0.3 is 8.75 Å². The number of sulfonamides is 1. The molecule has 0 saturated carbocycles. The van der Waals surface area contributed by atoms with Crippen LogP contribution >= 0.6 is 0 Å². The lowest BCUT2D eigenvalue weighted by Gasteiger charge is -2.39. The summed E-state index contributed by atoms with van der Waals surface area (Å²) in [6, 6.07) is 4.44. The number of alkyl halides is 3. The number of benzene rings is 1. The van der Waals surface area contributed by atoms with Crippen LogP contribution in [-0.2, 0) is 40.0 Å². The average molecular weight is 579 g/mol. The van der Waals surface area contributed by atoms with Crippen LogP contribution < -0.4 is 4.18 Å². The lowest BCUT2D eigenvalue weighted by Crippen LogP contribution is -2.46. The topological polar surface area (TPSA) is 102 Å². The molecule has 2 aliphatic rings. The molecule has 1 aliphatic heterocycles. The molecular formula is C24H33F3N4O5S2. The van der Waals surface area contributed by atoms with Gasteiger partial charge in [0.25, 0.3) is 10.0 Å². The molecule has 0 spiro atoms. The first-order valence-corrected chi connectivity index (χ1v) is 15.5. The fourth-order valence-electron chi connectivity index (χ4n) is 5.28. The van der Waals surface area contributed by atoms with Crippen LogP contribution in [0.15, 0.2) is 35.7 Å². The van der Waals surface area contributed by atoms with Crippen LogP contribution in [0.25, 0.3) is 0 Å². The minimum atomic E-state index is -5.73. The summed E-state index contributed by atoms with van der Waals surface area (Å²) in [6.45, 7) is 4.56. The van der Waals surface area contributed by atoms with Crippen LogP contribution in [0.2, 0.25) is 0 Å². The van der Waals surface area contributed by atoms with Gasteiger partial charge in [-0.3, -0.25) is 4.90 Å². The van der Waals surface area contributed by atoms with Crippen molar-refractivity contribution in [2.24, 2.45) is 13.0 Å². The van der Waals surface area contributed by atoms with Gasteiger partial charge in [-0.2, -0.15) is 25.9 Å². The Bertz CT molecular complexity index is 1340. The van der Waals surface area contributed by atoms with Crippen molar-refractivity contribution in [3.63, 3.8) is 0 Å².